The van der Waals surface area contributed by atoms with Crippen LogP contribution in [0.2, 0.25) is 0 Å². The van der Waals surface area contributed by atoms with Gasteiger partial charge in [-0.2, -0.15) is 0 Å². The molecule has 1 aliphatic rings. The predicted molar refractivity (Wildman–Crippen MR) is 70.6 cm³/mol. The fourth-order valence-electron chi connectivity index (χ4n) is 2.60. The number of aryl methyl sites for hydroxylation is 1. The van der Waals surface area contributed by atoms with Gasteiger partial charge in [-0.15, -0.1) is 0 Å². The summed E-state index contributed by atoms with van der Waals surface area (Å²) in [4.78, 5) is 4.26. The van der Waals surface area contributed by atoms with E-state index in [-0.39, 0.29) is 0 Å². The van der Waals surface area contributed by atoms with Crippen molar-refractivity contribution in [1.29, 1.82) is 0 Å². The molecule has 0 saturated heterocycles. The van der Waals surface area contributed by atoms with Crippen LogP contribution in [-0.4, -0.2) is 18.1 Å². The van der Waals surface area contributed by atoms with Gasteiger partial charge in [0.1, 0.15) is 0 Å². The quantitative estimate of drug-likeness (QED) is 0.870. The lowest BCUT2D eigenvalue weighted by molar-refractivity contribution is 0.348. The molecular formula is C14H22N2O. The second-order valence-electron chi connectivity index (χ2n) is 5.60. The Labute approximate surface area is 104 Å². The molecular weight excluding hydrogens is 212 g/mol. The summed E-state index contributed by atoms with van der Waals surface area (Å²) in [6.45, 7) is 6.67. The summed E-state index contributed by atoms with van der Waals surface area (Å²) in [6.07, 6.45) is 5.62. The highest BCUT2D eigenvalue weighted by Crippen LogP contribution is 2.40. The fraction of sp³-hybridized carbons (Fsp3) is 0.643. The van der Waals surface area contributed by atoms with Gasteiger partial charge in [0.05, 0.1) is 19.0 Å². The number of hydrogen-bond acceptors (Lipinski definition) is 3. The van der Waals surface area contributed by atoms with Crippen LogP contribution in [0.3, 0.4) is 0 Å². The Balaban J connectivity index is 2.20. The van der Waals surface area contributed by atoms with Gasteiger partial charge in [-0.05, 0) is 31.2 Å². The zero-order valence-corrected chi connectivity index (χ0v) is 11.2. The molecule has 0 spiro atoms. The standard InChI is InChI=1S/C14H22N2O/c1-10-8-11(12(17-4)9-15-10)16-13-6-5-7-14(13,2)3/h8-9,13H,5-7H2,1-4H3,(H,15,16). The number of anilines is 1. The molecule has 17 heavy (non-hydrogen) atoms. The molecule has 0 bridgehead atoms. The Morgan fingerprint density at radius 2 is 2.24 bits per heavy atom. The molecule has 0 radical (unpaired) electrons. The van der Waals surface area contributed by atoms with Gasteiger partial charge in [-0.1, -0.05) is 20.3 Å². The minimum atomic E-state index is 0.363. The third kappa shape index (κ3) is 2.54. The zero-order chi connectivity index (χ0) is 12.5. The van der Waals surface area contributed by atoms with Gasteiger partial charge in [-0.3, -0.25) is 4.98 Å². The predicted octanol–water partition coefficient (Wildman–Crippen LogP) is 3.39. The topological polar surface area (TPSA) is 34.1 Å². The van der Waals surface area contributed by atoms with Gasteiger partial charge in [0, 0.05) is 11.7 Å². The van der Waals surface area contributed by atoms with Crippen LogP contribution < -0.4 is 10.1 Å². The summed E-state index contributed by atoms with van der Waals surface area (Å²) in [5, 5.41) is 3.63. The van der Waals surface area contributed by atoms with Crippen LogP contribution >= 0.6 is 0 Å². The molecule has 1 saturated carbocycles. The molecule has 3 heteroatoms. The Morgan fingerprint density at radius 1 is 1.47 bits per heavy atom. The highest BCUT2D eigenvalue weighted by molar-refractivity contribution is 5.56. The Kier molecular flexibility index (Phi) is 3.27. The van der Waals surface area contributed by atoms with Crippen molar-refractivity contribution >= 4 is 5.69 Å². The van der Waals surface area contributed by atoms with Crippen LogP contribution in [0.25, 0.3) is 0 Å². The van der Waals surface area contributed by atoms with Crippen molar-refractivity contribution in [1.82, 2.24) is 4.98 Å². The average Bonchev–Trinajstić information content (AvgIpc) is 2.59. The first-order valence-corrected chi connectivity index (χ1v) is 6.30. The summed E-state index contributed by atoms with van der Waals surface area (Å²) in [5.74, 6) is 0.832. The van der Waals surface area contributed by atoms with Gasteiger partial charge < -0.3 is 10.1 Å². The number of ether oxygens (including phenoxy) is 1. The molecule has 3 nitrogen and oxygen atoms in total. The van der Waals surface area contributed by atoms with Crippen LogP contribution in [0.1, 0.15) is 38.8 Å². The number of rotatable bonds is 3. The maximum atomic E-state index is 5.35. The molecule has 1 unspecified atom stereocenters. The molecule has 0 aliphatic heterocycles. The van der Waals surface area contributed by atoms with Gasteiger partial charge in [0.15, 0.2) is 5.75 Å². The Hall–Kier alpha value is -1.25. The van der Waals surface area contributed by atoms with Crippen molar-refractivity contribution in [2.75, 3.05) is 12.4 Å². The van der Waals surface area contributed by atoms with Crippen molar-refractivity contribution in [3.63, 3.8) is 0 Å². The highest BCUT2D eigenvalue weighted by Gasteiger charge is 2.34. The second kappa shape index (κ2) is 4.55. The van der Waals surface area contributed by atoms with Crippen LogP contribution in [-0.2, 0) is 0 Å². The minimum absolute atomic E-state index is 0.363. The molecule has 0 aromatic carbocycles. The van der Waals surface area contributed by atoms with Crippen molar-refractivity contribution in [3.05, 3.63) is 18.0 Å². The number of methoxy groups -OCH3 is 1. The summed E-state index contributed by atoms with van der Waals surface area (Å²) >= 11 is 0. The second-order valence-corrected chi connectivity index (χ2v) is 5.60. The van der Waals surface area contributed by atoms with E-state index in [0.29, 0.717) is 11.5 Å². The number of aromatic nitrogens is 1. The molecule has 1 aliphatic carbocycles. The van der Waals surface area contributed by atoms with E-state index in [1.54, 1.807) is 13.3 Å². The van der Waals surface area contributed by atoms with E-state index in [0.717, 1.165) is 17.1 Å². The van der Waals surface area contributed by atoms with E-state index >= 15 is 0 Å². The molecule has 1 heterocycles. The largest absolute Gasteiger partial charge is 0.493 e. The van der Waals surface area contributed by atoms with Crippen LogP contribution in [0.4, 0.5) is 5.69 Å². The molecule has 1 fully saturated rings. The van der Waals surface area contributed by atoms with E-state index < -0.39 is 0 Å². The Morgan fingerprint density at radius 3 is 2.82 bits per heavy atom. The van der Waals surface area contributed by atoms with E-state index in [4.69, 9.17) is 4.74 Å². The highest BCUT2D eigenvalue weighted by atomic mass is 16.5. The molecule has 1 atom stereocenters. The lowest BCUT2D eigenvalue weighted by atomic mass is 9.87. The van der Waals surface area contributed by atoms with Crippen molar-refractivity contribution < 1.29 is 4.74 Å². The number of nitrogens with one attached hydrogen (secondary N) is 1. The normalized spacial score (nSPS) is 22.5. The van der Waals surface area contributed by atoms with Crippen LogP contribution in [0.5, 0.6) is 5.75 Å². The van der Waals surface area contributed by atoms with E-state index in [9.17, 15) is 0 Å². The van der Waals surface area contributed by atoms with E-state index in [1.165, 1.54) is 19.3 Å². The number of hydrogen-bond donors (Lipinski definition) is 1. The third-order valence-corrected chi connectivity index (χ3v) is 3.81. The summed E-state index contributed by atoms with van der Waals surface area (Å²) in [5.41, 5.74) is 2.45. The van der Waals surface area contributed by atoms with E-state index in [1.807, 2.05) is 6.92 Å². The fourth-order valence-corrected chi connectivity index (χ4v) is 2.60. The van der Waals surface area contributed by atoms with E-state index in [2.05, 4.69) is 30.2 Å². The zero-order valence-electron chi connectivity index (χ0n) is 11.2. The van der Waals surface area contributed by atoms with Gasteiger partial charge in [-0.25, -0.2) is 0 Å². The SMILES string of the molecule is COc1cnc(C)cc1NC1CCCC1(C)C. The summed E-state index contributed by atoms with van der Waals surface area (Å²) < 4.78 is 5.35. The Bertz CT molecular complexity index is 401. The summed E-state index contributed by atoms with van der Waals surface area (Å²) in [7, 11) is 1.69. The monoisotopic (exact) mass is 234 g/mol. The lowest BCUT2D eigenvalue weighted by Crippen LogP contribution is -2.31. The van der Waals surface area contributed by atoms with Crippen molar-refractivity contribution in [2.24, 2.45) is 5.41 Å². The maximum absolute atomic E-state index is 5.35. The smallest absolute Gasteiger partial charge is 0.160 e. The van der Waals surface area contributed by atoms with Crippen LogP contribution in [0, 0.1) is 12.3 Å². The number of pyridine rings is 1. The lowest BCUT2D eigenvalue weighted by Gasteiger charge is -2.29. The van der Waals surface area contributed by atoms with Gasteiger partial charge >= 0.3 is 0 Å². The minimum Gasteiger partial charge on any atom is -0.493 e. The van der Waals surface area contributed by atoms with Crippen molar-refractivity contribution in [2.45, 2.75) is 46.1 Å². The molecule has 1 N–H and O–H groups in total. The third-order valence-electron chi connectivity index (χ3n) is 3.81. The average molecular weight is 234 g/mol. The molecule has 1 aromatic rings. The number of nitrogens with zero attached hydrogens (tertiary/aromatic N) is 1. The first-order valence-electron chi connectivity index (χ1n) is 6.30. The van der Waals surface area contributed by atoms with Gasteiger partial charge in [0.2, 0.25) is 0 Å². The first kappa shape index (κ1) is 12.2. The van der Waals surface area contributed by atoms with Crippen molar-refractivity contribution in [3.8, 4) is 5.75 Å². The van der Waals surface area contributed by atoms with Crippen LogP contribution in [0.15, 0.2) is 12.3 Å². The molecule has 94 valence electrons. The first-order chi connectivity index (χ1) is 8.03. The maximum Gasteiger partial charge on any atom is 0.160 e. The molecule has 0 amide bonds. The molecule has 2 rings (SSSR count). The summed E-state index contributed by atoms with van der Waals surface area (Å²) in [6, 6.07) is 2.59. The van der Waals surface area contributed by atoms with Gasteiger partial charge in [0.25, 0.3) is 0 Å². The molecule has 1 aromatic heterocycles.